The Bertz CT molecular complexity index is 1070. The van der Waals surface area contributed by atoms with E-state index in [1.807, 2.05) is 26.8 Å². The molecule has 2 aromatic heterocycles. The van der Waals surface area contributed by atoms with Crippen molar-refractivity contribution in [2.24, 2.45) is 5.10 Å². The molecule has 0 fully saturated rings. The maximum Gasteiger partial charge on any atom is 0.271 e. The summed E-state index contributed by atoms with van der Waals surface area (Å²) >= 11 is 11.7. The highest BCUT2D eigenvalue weighted by Gasteiger charge is 2.13. The molecule has 8 nitrogen and oxygen atoms in total. The number of methoxy groups -OCH3 is 1. The number of aryl methyl sites for hydroxylation is 2. The number of ether oxygens (including phenoxy) is 2. The Morgan fingerprint density at radius 2 is 2.11 bits per heavy atom. The van der Waals surface area contributed by atoms with Gasteiger partial charge in [-0.05, 0) is 56.2 Å². The van der Waals surface area contributed by atoms with E-state index in [0.717, 1.165) is 23.4 Å². The summed E-state index contributed by atoms with van der Waals surface area (Å²) in [4.78, 5) is 0. The van der Waals surface area contributed by atoms with E-state index < -0.39 is 0 Å². The number of aromatic amines is 1. The van der Waals surface area contributed by atoms with Gasteiger partial charge < -0.3 is 9.47 Å². The van der Waals surface area contributed by atoms with Crippen LogP contribution < -0.4 is 9.47 Å². The predicted octanol–water partition coefficient (Wildman–Crippen LogP) is 4.08. The van der Waals surface area contributed by atoms with Crippen molar-refractivity contribution in [3.05, 3.63) is 44.9 Å². The second-order valence-electron chi connectivity index (χ2n) is 6.11. The molecule has 0 bridgehead atoms. The SMILES string of the molecule is CCCOc1c(Cl)cc(/C=N\n2c(-n3nc(C)cc3C)n[nH]c2=S)cc1OC. The summed E-state index contributed by atoms with van der Waals surface area (Å²) in [5.74, 6) is 1.52. The molecule has 28 heavy (non-hydrogen) atoms. The fourth-order valence-electron chi connectivity index (χ4n) is 2.64. The lowest BCUT2D eigenvalue weighted by Gasteiger charge is -2.12. The van der Waals surface area contributed by atoms with Gasteiger partial charge in [0.15, 0.2) is 11.5 Å². The Balaban J connectivity index is 1.97. The maximum atomic E-state index is 6.36. The molecular weight excluding hydrogens is 400 g/mol. The molecule has 0 atom stereocenters. The zero-order valence-corrected chi connectivity index (χ0v) is 17.6. The number of nitrogens with one attached hydrogen (secondary N) is 1. The van der Waals surface area contributed by atoms with Crippen molar-refractivity contribution in [2.45, 2.75) is 27.2 Å². The number of benzene rings is 1. The van der Waals surface area contributed by atoms with Crippen LogP contribution in [0.3, 0.4) is 0 Å². The predicted molar refractivity (Wildman–Crippen MR) is 111 cm³/mol. The van der Waals surface area contributed by atoms with E-state index in [0.29, 0.717) is 33.8 Å². The Hall–Kier alpha value is -2.65. The van der Waals surface area contributed by atoms with E-state index >= 15 is 0 Å². The Morgan fingerprint density at radius 1 is 1.32 bits per heavy atom. The van der Waals surface area contributed by atoms with Crippen LogP contribution in [0.15, 0.2) is 23.3 Å². The molecule has 148 valence electrons. The van der Waals surface area contributed by atoms with Crippen LogP contribution in [0.1, 0.15) is 30.3 Å². The molecular formula is C18H21ClN6O2S. The van der Waals surface area contributed by atoms with Crippen LogP contribution in [0.5, 0.6) is 11.5 Å². The van der Waals surface area contributed by atoms with Crippen LogP contribution in [0.25, 0.3) is 5.95 Å². The van der Waals surface area contributed by atoms with E-state index in [1.54, 1.807) is 30.1 Å². The lowest BCUT2D eigenvalue weighted by molar-refractivity contribution is 0.294. The van der Waals surface area contributed by atoms with Crippen LogP contribution in [-0.2, 0) is 0 Å². The highest BCUT2D eigenvalue weighted by atomic mass is 35.5. The number of aromatic nitrogens is 5. The summed E-state index contributed by atoms with van der Waals surface area (Å²) in [6.07, 6.45) is 2.50. The van der Waals surface area contributed by atoms with Crippen LogP contribution in [-0.4, -0.2) is 44.6 Å². The van der Waals surface area contributed by atoms with E-state index in [-0.39, 0.29) is 0 Å². The molecule has 3 aromatic rings. The second kappa shape index (κ2) is 8.57. The monoisotopic (exact) mass is 420 g/mol. The summed E-state index contributed by atoms with van der Waals surface area (Å²) in [6.45, 7) is 6.43. The number of halogens is 1. The topological polar surface area (TPSA) is 82.3 Å². The van der Waals surface area contributed by atoms with E-state index in [9.17, 15) is 0 Å². The number of hydrogen-bond donors (Lipinski definition) is 1. The van der Waals surface area contributed by atoms with Gasteiger partial charge in [0.1, 0.15) is 0 Å². The largest absolute Gasteiger partial charge is 0.493 e. The molecule has 0 saturated heterocycles. The van der Waals surface area contributed by atoms with Gasteiger partial charge in [0.05, 0.1) is 30.6 Å². The Kier molecular flexibility index (Phi) is 6.15. The maximum absolute atomic E-state index is 6.36. The van der Waals surface area contributed by atoms with Gasteiger partial charge in [0.25, 0.3) is 5.95 Å². The van der Waals surface area contributed by atoms with Crippen molar-refractivity contribution >= 4 is 30.0 Å². The van der Waals surface area contributed by atoms with Gasteiger partial charge in [-0.1, -0.05) is 18.5 Å². The summed E-state index contributed by atoms with van der Waals surface area (Å²) in [5, 5.41) is 16.3. The zero-order valence-electron chi connectivity index (χ0n) is 16.1. The highest BCUT2D eigenvalue weighted by Crippen LogP contribution is 2.36. The van der Waals surface area contributed by atoms with Gasteiger partial charge in [-0.2, -0.15) is 14.9 Å². The normalized spacial score (nSPS) is 11.3. The van der Waals surface area contributed by atoms with Gasteiger partial charge in [0.2, 0.25) is 4.77 Å². The van der Waals surface area contributed by atoms with Crippen molar-refractivity contribution in [3.8, 4) is 17.4 Å². The number of rotatable bonds is 7. The van der Waals surface area contributed by atoms with Crippen molar-refractivity contribution in [3.63, 3.8) is 0 Å². The van der Waals surface area contributed by atoms with Crippen LogP contribution in [0, 0.1) is 18.6 Å². The van der Waals surface area contributed by atoms with Crippen LogP contribution in [0.4, 0.5) is 0 Å². The Labute approximate surface area is 172 Å². The van der Waals surface area contributed by atoms with Gasteiger partial charge in [0, 0.05) is 5.69 Å². The van der Waals surface area contributed by atoms with Crippen molar-refractivity contribution in [1.29, 1.82) is 0 Å². The van der Waals surface area contributed by atoms with Gasteiger partial charge in [-0.3, -0.25) is 0 Å². The van der Waals surface area contributed by atoms with Gasteiger partial charge in [-0.15, -0.1) is 5.10 Å². The molecule has 2 heterocycles. The lowest BCUT2D eigenvalue weighted by atomic mass is 10.2. The molecule has 0 saturated carbocycles. The Morgan fingerprint density at radius 3 is 2.75 bits per heavy atom. The third kappa shape index (κ3) is 4.10. The fraction of sp³-hybridized carbons (Fsp3) is 0.333. The number of H-pyrrole nitrogens is 1. The fourth-order valence-corrected chi connectivity index (χ4v) is 3.09. The van der Waals surface area contributed by atoms with Crippen LogP contribution >= 0.6 is 23.8 Å². The summed E-state index contributed by atoms with van der Waals surface area (Å²) in [6, 6.07) is 5.50. The quantitative estimate of drug-likeness (QED) is 0.460. The molecule has 0 aliphatic heterocycles. The summed E-state index contributed by atoms with van der Waals surface area (Å²) in [5.41, 5.74) is 2.53. The summed E-state index contributed by atoms with van der Waals surface area (Å²) in [7, 11) is 1.57. The number of hydrogen-bond acceptors (Lipinski definition) is 6. The van der Waals surface area contributed by atoms with Crippen molar-refractivity contribution in [1.82, 2.24) is 24.7 Å². The standard InChI is InChI=1S/C18H21ClN6O2S/c1-5-6-27-16-14(19)8-13(9-15(16)26-4)10-20-25-17(21-22-18(25)28)24-12(3)7-11(2)23-24/h7-10H,5-6H2,1-4H3,(H,22,28)/b20-10-. The molecule has 0 aliphatic rings. The molecule has 1 aromatic carbocycles. The lowest BCUT2D eigenvalue weighted by Crippen LogP contribution is -2.07. The third-order valence-electron chi connectivity index (χ3n) is 3.86. The van der Waals surface area contributed by atoms with Gasteiger partial charge >= 0.3 is 0 Å². The first-order valence-electron chi connectivity index (χ1n) is 8.70. The average Bonchev–Trinajstić information content (AvgIpc) is 3.19. The second-order valence-corrected chi connectivity index (χ2v) is 6.90. The minimum absolute atomic E-state index is 0.347. The van der Waals surface area contributed by atoms with E-state index in [2.05, 4.69) is 20.4 Å². The summed E-state index contributed by atoms with van der Waals surface area (Å²) < 4.78 is 14.6. The molecule has 0 unspecified atom stereocenters. The molecule has 0 amide bonds. The molecule has 3 rings (SSSR count). The average molecular weight is 421 g/mol. The number of nitrogens with zero attached hydrogens (tertiary/aromatic N) is 5. The van der Waals surface area contributed by atoms with E-state index in [4.69, 9.17) is 33.3 Å². The van der Waals surface area contributed by atoms with Crippen molar-refractivity contribution in [2.75, 3.05) is 13.7 Å². The van der Waals surface area contributed by atoms with Gasteiger partial charge in [-0.25, -0.2) is 9.78 Å². The van der Waals surface area contributed by atoms with E-state index in [1.165, 1.54) is 4.68 Å². The van der Waals surface area contributed by atoms with Crippen molar-refractivity contribution < 1.29 is 9.47 Å². The third-order valence-corrected chi connectivity index (χ3v) is 4.40. The molecule has 0 aliphatic carbocycles. The highest BCUT2D eigenvalue weighted by molar-refractivity contribution is 7.71. The molecule has 1 N–H and O–H groups in total. The molecule has 0 spiro atoms. The van der Waals surface area contributed by atoms with Crippen LogP contribution in [0.2, 0.25) is 5.02 Å². The zero-order chi connectivity index (χ0) is 20.3. The molecule has 10 heteroatoms. The minimum Gasteiger partial charge on any atom is -0.493 e. The first kappa shape index (κ1) is 20.1. The first-order chi connectivity index (χ1) is 13.4. The first-order valence-corrected chi connectivity index (χ1v) is 9.49. The smallest absolute Gasteiger partial charge is 0.271 e. The minimum atomic E-state index is 0.347. The molecule has 0 radical (unpaired) electrons.